The van der Waals surface area contributed by atoms with Crippen molar-refractivity contribution in [2.24, 2.45) is 11.3 Å². The molecule has 2 unspecified atom stereocenters. The highest BCUT2D eigenvalue weighted by Crippen LogP contribution is 2.42. The summed E-state index contributed by atoms with van der Waals surface area (Å²) in [4.78, 5) is 11.9. The van der Waals surface area contributed by atoms with Crippen molar-refractivity contribution >= 4 is 5.78 Å². The monoisotopic (exact) mass is 252 g/mol. The Labute approximate surface area is 114 Å². The second kappa shape index (κ2) is 8.50. The van der Waals surface area contributed by atoms with Crippen molar-refractivity contribution in [3.63, 3.8) is 0 Å². The Morgan fingerprint density at radius 1 is 1.22 bits per heavy atom. The van der Waals surface area contributed by atoms with E-state index in [0.29, 0.717) is 18.1 Å². The van der Waals surface area contributed by atoms with Crippen molar-refractivity contribution in [3.8, 4) is 0 Å². The van der Waals surface area contributed by atoms with Gasteiger partial charge >= 0.3 is 0 Å². The predicted molar refractivity (Wildman–Crippen MR) is 80.8 cm³/mol. The zero-order chi connectivity index (χ0) is 14.2. The van der Waals surface area contributed by atoms with E-state index in [1.54, 1.807) is 0 Å². The lowest BCUT2D eigenvalue weighted by atomic mass is 9.67. The number of carbonyl (C=O) groups excluding carboxylic acids is 1. The van der Waals surface area contributed by atoms with E-state index < -0.39 is 0 Å². The van der Waals surface area contributed by atoms with Crippen LogP contribution in [-0.2, 0) is 4.79 Å². The quantitative estimate of drug-likeness (QED) is 0.466. The first-order valence-electron chi connectivity index (χ1n) is 7.55. The Hall–Kier alpha value is -0.590. The standard InChI is InChI=1S/C17H32O/c1-7-10-11-15(8-2)17(6,12-14(4)5)13-16(18)9-3/h15H,4,7-13H2,1-3,5-6H3. The molecule has 0 aromatic carbocycles. The molecule has 106 valence electrons. The summed E-state index contributed by atoms with van der Waals surface area (Å²) in [5.41, 5.74) is 1.32. The number of ketones is 1. The van der Waals surface area contributed by atoms with Gasteiger partial charge in [0.15, 0.2) is 0 Å². The zero-order valence-electron chi connectivity index (χ0n) is 13.1. The SMILES string of the molecule is C=C(C)CC(C)(CC(=O)CC)C(CC)CCCC. The molecule has 18 heavy (non-hydrogen) atoms. The molecule has 0 saturated heterocycles. The van der Waals surface area contributed by atoms with Crippen LogP contribution in [0.3, 0.4) is 0 Å². The molecule has 2 atom stereocenters. The number of carbonyl (C=O) groups is 1. The van der Waals surface area contributed by atoms with Crippen molar-refractivity contribution < 1.29 is 4.79 Å². The van der Waals surface area contributed by atoms with Crippen LogP contribution in [0.5, 0.6) is 0 Å². The maximum Gasteiger partial charge on any atom is 0.133 e. The molecule has 1 heteroatoms. The maximum atomic E-state index is 11.9. The van der Waals surface area contributed by atoms with Gasteiger partial charge in [0.2, 0.25) is 0 Å². The number of unbranched alkanes of at least 4 members (excludes halogenated alkanes) is 1. The van der Waals surface area contributed by atoms with E-state index in [1.807, 2.05) is 6.92 Å². The van der Waals surface area contributed by atoms with Crippen LogP contribution in [0.15, 0.2) is 12.2 Å². The van der Waals surface area contributed by atoms with E-state index in [2.05, 4.69) is 34.3 Å². The van der Waals surface area contributed by atoms with Gasteiger partial charge in [0.05, 0.1) is 0 Å². The molecular formula is C17H32O. The van der Waals surface area contributed by atoms with Gasteiger partial charge in [-0.05, 0) is 31.1 Å². The molecule has 0 aliphatic carbocycles. The first-order chi connectivity index (χ1) is 8.39. The van der Waals surface area contributed by atoms with E-state index in [9.17, 15) is 4.79 Å². The molecule has 0 aliphatic rings. The van der Waals surface area contributed by atoms with Crippen LogP contribution in [-0.4, -0.2) is 5.78 Å². The second-order valence-corrected chi connectivity index (χ2v) is 6.10. The zero-order valence-corrected chi connectivity index (χ0v) is 13.1. The fourth-order valence-electron chi connectivity index (χ4n) is 3.11. The fourth-order valence-corrected chi connectivity index (χ4v) is 3.11. The Morgan fingerprint density at radius 2 is 1.83 bits per heavy atom. The van der Waals surface area contributed by atoms with E-state index in [1.165, 1.54) is 31.3 Å². The molecule has 0 aliphatic heterocycles. The molecule has 0 fully saturated rings. The van der Waals surface area contributed by atoms with Gasteiger partial charge in [-0.15, -0.1) is 6.58 Å². The fraction of sp³-hybridized carbons (Fsp3) is 0.824. The highest BCUT2D eigenvalue weighted by atomic mass is 16.1. The molecule has 0 saturated carbocycles. The second-order valence-electron chi connectivity index (χ2n) is 6.10. The summed E-state index contributed by atoms with van der Waals surface area (Å²) in [6.07, 6.45) is 7.29. The molecule has 1 nitrogen and oxygen atoms in total. The summed E-state index contributed by atoms with van der Waals surface area (Å²) in [5, 5.41) is 0. The first-order valence-corrected chi connectivity index (χ1v) is 7.55. The van der Waals surface area contributed by atoms with Gasteiger partial charge in [0.25, 0.3) is 0 Å². The predicted octanol–water partition coefficient (Wildman–Crippen LogP) is 5.54. The van der Waals surface area contributed by atoms with Gasteiger partial charge in [-0.3, -0.25) is 4.79 Å². The lowest BCUT2D eigenvalue weighted by Crippen LogP contribution is -2.30. The maximum absolute atomic E-state index is 11.9. The molecule has 0 N–H and O–H groups in total. The smallest absolute Gasteiger partial charge is 0.133 e. The van der Waals surface area contributed by atoms with E-state index >= 15 is 0 Å². The summed E-state index contributed by atoms with van der Waals surface area (Å²) < 4.78 is 0. The van der Waals surface area contributed by atoms with Crippen molar-refractivity contribution in [3.05, 3.63) is 12.2 Å². The third kappa shape index (κ3) is 5.84. The van der Waals surface area contributed by atoms with Crippen LogP contribution in [0.4, 0.5) is 0 Å². The van der Waals surface area contributed by atoms with Gasteiger partial charge in [-0.2, -0.15) is 0 Å². The minimum Gasteiger partial charge on any atom is -0.300 e. The Morgan fingerprint density at radius 3 is 2.22 bits per heavy atom. The largest absolute Gasteiger partial charge is 0.300 e. The van der Waals surface area contributed by atoms with Gasteiger partial charge in [-0.1, -0.05) is 52.5 Å². The average molecular weight is 252 g/mol. The average Bonchev–Trinajstić information content (AvgIpc) is 2.28. The molecule has 0 spiro atoms. The normalized spacial score (nSPS) is 16.1. The molecular weight excluding hydrogens is 220 g/mol. The van der Waals surface area contributed by atoms with Crippen LogP contribution in [0, 0.1) is 11.3 Å². The summed E-state index contributed by atoms with van der Waals surface area (Å²) in [6.45, 7) is 14.9. The van der Waals surface area contributed by atoms with Crippen molar-refractivity contribution in [1.29, 1.82) is 0 Å². The van der Waals surface area contributed by atoms with Crippen LogP contribution in [0.25, 0.3) is 0 Å². The topological polar surface area (TPSA) is 17.1 Å². The van der Waals surface area contributed by atoms with E-state index in [0.717, 1.165) is 12.8 Å². The van der Waals surface area contributed by atoms with Gasteiger partial charge in [-0.25, -0.2) is 0 Å². The number of hydrogen-bond donors (Lipinski definition) is 0. The number of allylic oxidation sites excluding steroid dienone is 1. The lowest BCUT2D eigenvalue weighted by molar-refractivity contribution is -0.121. The van der Waals surface area contributed by atoms with Gasteiger partial charge in [0.1, 0.15) is 5.78 Å². The summed E-state index contributed by atoms with van der Waals surface area (Å²) in [6, 6.07) is 0. The summed E-state index contributed by atoms with van der Waals surface area (Å²) >= 11 is 0. The number of hydrogen-bond acceptors (Lipinski definition) is 1. The molecule has 0 aromatic heterocycles. The molecule has 0 aromatic rings. The Bertz CT molecular complexity index is 267. The molecule has 0 radical (unpaired) electrons. The minimum atomic E-state index is 0.114. The first kappa shape index (κ1) is 17.4. The summed E-state index contributed by atoms with van der Waals surface area (Å²) in [5.74, 6) is 1.04. The third-order valence-electron chi connectivity index (χ3n) is 4.09. The van der Waals surface area contributed by atoms with Crippen molar-refractivity contribution in [2.75, 3.05) is 0 Å². The molecule has 0 heterocycles. The molecule has 0 rings (SSSR count). The molecule has 0 bridgehead atoms. The van der Waals surface area contributed by atoms with Crippen LogP contribution >= 0.6 is 0 Å². The Balaban J connectivity index is 4.89. The van der Waals surface area contributed by atoms with Crippen molar-refractivity contribution in [1.82, 2.24) is 0 Å². The van der Waals surface area contributed by atoms with Crippen LogP contribution in [0.1, 0.15) is 79.6 Å². The summed E-state index contributed by atoms with van der Waals surface area (Å²) in [7, 11) is 0. The van der Waals surface area contributed by atoms with Gasteiger partial charge in [0, 0.05) is 12.8 Å². The lowest BCUT2D eigenvalue weighted by Gasteiger charge is -2.37. The van der Waals surface area contributed by atoms with Gasteiger partial charge < -0.3 is 0 Å². The van der Waals surface area contributed by atoms with E-state index in [-0.39, 0.29) is 5.41 Å². The van der Waals surface area contributed by atoms with E-state index in [4.69, 9.17) is 0 Å². The number of Topliss-reactive ketones (excluding diaryl/α,β-unsaturated/α-hetero) is 1. The van der Waals surface area contributed by atoms with Crippen molar-refractivity contribution in [2.45, 2.75) is 79.6 Å². The third-order valence-corrected chi connectivity index (χ3v) is 4.09. The molecule has 0 amide bonds. The van der Waals surface area contributed by atoms with Crippen LogP contribution in [0.2, 0.25) is 0 Å². The minimum absolute atomic E-state index is 0.114. The Kier molecular flexibility index (Phi) is 8.22. The van der Waals surface area contributed by atoms with Crippen LogP contribution < -0.4 is 0 Å². The highest BCUT2D eigenvalue weighted by molar-refractivity contribution is 5.78. The highest BCUT2D eigenvalue weighted by Gasteiger charge is 2.34. The number of rotatable bonds is 10.